The largest absolute Gasteiger partial charge is 0.481 e. The van der Waals surface area contributed by atoms with Crippen LogP contribution in [-0.2, 0) is 11.3 Å². The van der Waals surface area contributed by atoms with Crippen molar-refractivity contribution < 1.29 is 13.9 Å². The molecule has 0 saturated carbocycles. The lowest BCUT2D eigenvalue weighted by Crippen LogP contribution is -2.50. The van der Waals surface area contributed by atoms with Crippen molar-refractivity contribution in [1.29, 1.82) is 0 Å². The van der Waals surface area contributed by atoms with Gasteiger partial charge in [0.2, 0.25) is 5.88 Å². The Bertz CT molecular complexity index is 797. The lowest BCUT2D eigenvalue weighted by Gasteiger charge is -2.38. The molecule has 1 N–H and O–H groups in total. The Hall–Kier alpha value is -2.67. The van der Waals surface area contributed by atoms with Gasteiger partial charge in [-0.2, -0.15) is 0 Å². The molecule has 1 fully saturated rings. The number of guanidine groups is 1. The topological polar surface area (TPSA) is 59.0 Å². The van der Waals surface area contributed by atoms with E-state index in [0.29, 0.717) is 19.0 Å². The van der Waals surface area contributed by atoms with Crippen LogP contribution in [0, 0.1) is 5.82 Å². The molecule has 28 heavy (non-hydrogen) atoms. The number of aromatic nitrogens is 1. The number of halogens is 1. The Labute approximate surface area is 165 Å². The smallest absolute Gasteiger partial charge is 0.213 e. The first-order chi connectivity index (χ1) is 13.6. The number of nitrogens with zero attached hydrogens (tertiary/aromatic N) is 3. The van der Waals surface area contributed by atoms with E-state index in [-0.39, 0.29) is 18.0 Å². The summed E-state index contributed by atoms with van der Waals surface area (Å²) < 4.78 is 24.5. The van der Waals surface area contributed by atoms with E-state index in [0.717, 1.165) is 30.3 Å². The minimum atomic E-state index is -0.245. The maximum absolute atomic E-state index is 13.3. The van der Waals surface area contributed by atoms with E-state index >= 15 is 0 Å². The predicted molar refractivity (Wildman–Crippen MR) is 107 cm³/mol. The van der Waals surface area contributed by atoms with Crippen LogP contribution < -0.4 is 10.1 Å². The van der Waals surface area contributed by atoms with Gasteiger partial charge in [-0.1, -0.05) is 18.2 Å². The van der Waals surface area contributed by atoms with Gasteiger partial charge in [-0.15, -0.1) is 0 Å². The second-order valence-corrected chi connectivity index (χ2v) is 6.73. The summed E-state index contributed by atoms with van der Waals surface area (Å²) in [6.45, 7) is 6.67. The quantitative estimate of drug-likeness (QED) is 0.632. The molecule has 1 saturated heterocycles. The van der Waals surface area contributed by atoms with Crippen molar-refractivity contribution in [2.24, 2.45) is 4.99 Å². The average Bonchev–Trinajstić information content (AvgIpc) is 2.71. The summed E-state index contributed by atoms with van der Waals surface area (Å²) in [5, 5.41) is 3.35. The fourth-order valence-corrected chi connectivity index (χ4v) is 3.23. The highest BCUT2D eigenvalue weighted by atomic mass is 19.1. The fraction of sp³-hybridized carbons (Fsp3) is 0.429. The Kier molecular flexibility index (Phi) is 6.81. The molecule has 2 unspecified atom stereocenters. The highest BCUT2D eigenvalue weighted by Gasteiger charge is 2.28. The zero-order valence-corrected chi connectivity index (χ0v) is 16.6. The number of benzene rings is 1. The molecule has 1 aromatic heterocycles. The predicted octanol–water partition coefficient (Wildman–Crippen LogP) is 3.16. The van der Waals surface area contributed by atoms with Crippen LogP contribution in [-0.4, -0.2) is 48.7 Å². The molecule has 150 valence electrons. The molecule has 1 aliphatic heterocycles. The van der Waals surface area contributed by atoms with Gasteiger partial charge in [0.25, 0.3) is 0 Å². The Morgan fingerprint density at radius 1 is 1.29 bits per heavy atom. The summed E-state index contributed by atoms with van der Waals surface area (Å²) in [5.41, 5.74) is 1.80. The van der Waals surface area contributed by atoms with E-state index in [9.17, 15) is 4.39 Å². The average molecular weight is 386 g/mol. The summed E-state index contributed by atoms with van der Waals surface area (Å²) in [7, 11) is 1.60. The van der Waals surface area contributed by atoms with Crippen LogP contribution in [0.5, 0.6) is 5.88 Å². The first-order valence-electron chi connectivity index (χ1n) is 9.53. The van der Waals surface area contributed by atoms with Crippen LogP contribution in [0.2, 0.25) is 0 Å². The van der Waals surface area contributed by atoms with Crippen LogP contribution in [0.4, 0.5) is 4.39 Å². The molecule has 2 aromatic rings. The number of morpholine rings is 1. The maximum atomic E-state index is 13.3. The zero-order chi connectivity index (χ0) is 19.9. The lowest BCUT2D eigenvalue weighted by molar-refractivity contribution is -0.0605. The van der Waals surface area contributed by atoms with Crippen molar-refractivity contribution in [2.45, 2.75) is 32.6 Å². The SMILES string of the molecule is CCNC(=NCc1cccc(OC)n1)N1CC(C)OC(c2ccc(F)cc2)C1. The molecule has 6 nitrogen and oxygen atoms in total. The molecule has 1 aromatic carbocycles. The number of aliphatic imine (C=N–C) groups is 1. The minimum absolute atomic E-state index is 0.0302. The number of hydrogen-bond acceptors (Lipinski definition) is 4. The molecule has 0 spiro atoms. The zero-order valence-electron chi connectivity index (χ0n) is 16.6. The summed E-state index contributed by atoms with van der Waals surface area (Å²) in [5.74, 6) is 1.15. The molecule has 0 amide bonds. The second kappa shape index (κ2) is 9.50. The van der Waals surface area contributed by atoms with E-state index in [2.05, 4.69) is 15.2 Å². The third-order valence-corrected chi connectivity index (χ3v) is 4.52. The van der Waals surface area contributed by atoms with Gasteiger partial charge in [0.05, 0.1) is 32.0 Å². The van der Waals surface area contributed by atoms with E-state index in [1.165, 1.54) is 12.1 Å². The Balaban J connectivity index is 1.76. The van der Waals surface area contributed by atoms with Crippen molar-refractivity contribution in [1.82, 2.24) is 15.2 Å². The van der Waals surface area contributed by atoms with Crippen molar-refractivity contribution in [3.05, 3.63) is 59.5 Å². The summed E-state index contributed by atoms with van der Waals surface area (Å²) >= 11 is 0. The van der Waals surface area contributed by atoms with Crippen molar-refractivity contribution in [3.63, 3.8) is 0 Å². The van der Waals surface area contributed by atoms with Crippen LogP contribution in [0.1, 0.15) is 31.2 Å². The monoisotopic (exact) mass is 386 g/mol. The van der Waals surface area contributed by atoms with Gasteiger partial charge >= 0.3 is 0 Å². The molecule has 2 atom stereocenters. The van der Waals surface area contributed by atoms with Crippen molar-refractivity contribution >= 4 is 5.96 Å². The molecular weight excluding hydrogens is 359 g/mol. The van der Waals surface area contributed by atoms with Gasteiger partial charge in [0.1, 0.15) is 11.9 Å². The number of hydrogen-bond donors (Lipinski definition) is 1. The van der Waals surface area contributed by atoms with E-state index in [1.54, 1.807) is 19.2 Å². The highest BCUT2D eigenvalue weighted by molar-refractivity contribution is 5.80. The van der Waals surface area contributed by atoms with Gasteiger partial charge in [0, 0.05) is 19.2 Å². The van der Waals surface area contributed by atoms with Crippen LogP contribution >= 0.6 is 0 Å². The number of rotatable bonds is 5. The molecule has 1 aliphatic rings. The molecular formula is C21H27FN4O2. The highest BCUT2D eigenvalue weighted by Crippen LogP contribution is 2.25. The summed E-state index contributed by atoms with van der Waals surface area (Å²) in [6.07, 6.45) is -0.106. The molecule has 0 aliphatic carbocycles. The number of methoxy groups -OCH3 is 1. The van der Waals surface area contributed by atoms with Crippen molar-refractivity contribution in [3.8, 4) is 5.88 Å². The number of nitrogens with one attached hydrogen (secondary N) is 1. The van der Waals surface area contributed by atoms with E-state index in [4.69, 9.17) is 14.5 Å². The molecule has 0 bridgehead atoms. The molecule has 3 rings (SSSR count). The van der Waals surface area contributed by atoms with Crippen molar-refractivity contribution in [2.75, 3.05) is 26.7 Å². The first-order valence-corrected chi connectivity index (χ1v) is 9.53. The minimum Gasteiger partial charge on any atom is -0.481 e. The maximum Gasteiger partial charge on any atom is 0.213 e. The van der Waals surface area contributed by atoms with Crippen LogP contribution in [0.15, 0.2) is 47.5 Å². The fourth-order valence-electron chi connectivity index (χ4n) is 3.23. The van der Waals surface area contributed by atoms with Crippen LogP contribution in [0.3, 0.4) is 0 Å². The standard InChI is InChI=1S/C21H27FN4O2/c1-4-23-21(24-12-18-6-5-7-20(25-18)27-3)26-13-15(2)28-19(14-26)16-8-10-17(22)11-9-16/h5-11,15,19H,4,12-14H2,1-3H3,(H,23,24). The lowest BCUT2D eigenvalue weighted by atomic mass is 10.1. The third kappa shape index (κ3) is 5.19. The Morgan fingerprint density at radius 3 is 2.79 bits per heavy atom. The second-order valence-electron chi connectivity index (χ2n) is 6.73. The van der Waals surface area contributed by atoms with Gasteiger partial charge in [0.15, 0.2) is 5.96 Å². The van der Waals surface area contributed by atoms with Gasteiger partial charge in [-0.05, 0) is 37.6 Å². The molecule has 7 heteroatoms. The number of ether oxygens (including phenoxy) is 2. The number of pyridine rings is 1. The summed E-state index contributed by atoms with van der Waals surface area (Å²) in [6, 6.07) is 12.1. The summed E-state index contributed by atoms with van der Waals surface area (Å²) in [4.78, 5) is 11.4. The van der Waals surface area contributed by atoms with E-state index in [1.807, 2.05) is 32.0 Å². The Morgan fingerprint density at radius 2 is 2.07 bits per heavy atom. The molecule has 2 heterocycles. The van der Waals surface area contributed by atoms with E-state index < -0.39 is 0 Å². The van der Waals surface area contributed by atoms with Gasteiger partial charge < -0.3 is 19.7 Å². The first kappa shape index (κ1) is 20.1. The normalized spacial score (nSPS) is 20.1. The van der Waals surface area contributed by atoms with Crippen LogP contribution in [0.25, 0.3) is 0 Å². The third-order valence-electron chi connectivity index (χ3n) is 4.52. The molecule has 0 radical (unpaired) electrons. The van der Waals surface area contributed by atoms with Gasteiger partial charge in [-0.25, -0.2) is 14.4 Å². The van der Waals surface area contributed by atoms with Gasteiger partial charge in [-0.3, -0.25) is 0 Å².